The fraction of sp³-hybridized carbons (Fsp3) is 0.385. The van der Waals surface area contributed by atoms with Gasteiger partial charge in [0.25, 0.3) is 5.91 Å². The molecule has 1 fully saturated rings. The lowest BCUT2D eigenvalue weighted by Crippen LogP contribution is -2.43. The Morgan fingerprint density at radius 2 is 2.00 bits per heavy atom. The molecule has 4 rings (SSSR count). The number of likely N-dealkylation sites (tertiary alicyclic amines) is 1. The highest BCUT2D eigenvalue weighted by Crippen LogP contribution is 2.38. The maximum atomic E-state index is 13.4. The van der Waals surface area contributed by atoms with Gasteiger partial charge in [-0.05, 0) is 44.2 Å². The lowest BCUT2D eigenvalue weighted by molar-refractivity contribution is 0.0785. The van der Waals surface area contributed by atoms with E-state index in [1.54, 1.807) is 16.2 Å². The van der Waals surface area contributed by atoms with Gasteiger partial charge < -0.3 is 4.90 Å². The second kappa shape index (κ2) is 9.84. The number of thiazole rings is 1. The first-order chi connectivity index (χ1) is 15.6. The van der Waals surface area contributed by atoms with Gasteiger partial charge >= 0.3 is 0 Å². The minimum Gasteiger partial charge on any atom is -0.340 e. The average molecular weight is 449 g/mol. The fourth-order valence-electron chi connectivity index (χ4n) is 4.88. The van der Waals surface area contributed by atoms with Crippen LogP contribution in [0, 0.1) is 0 Å². The first-order valence-electron chi connectivity index (χ1n) is 11.3. The Kier molecular flexibility index (Phi) is 6.92. The van der Waals surface area contributed by atoms with Crippen LogP contribution in [-0.2, 0) is 13.0 Å². The lowest BCUT2D eigenvalue weighted by atomic mass is 9.88. The van der Waals surface area contributed by atoms with Crippen LogP contribution in [-0.4, -0.2) is 50.8 Å². The van der Waals surface area contributed by atoms with E-state index in [1.807, 2.05) is 49.0 Å². The van der Waals surface area contributed by atoms with Gasteiger partial charge in [-0.25, -0.2) is 4.98 Å². The van der Waals surface area contributed by atoms with E-state index in [-0.39, 0.29) is 11.4 Å². The van der Waals surface area contributed by atoms with Crippen molar-refractivity contribution in [1.82, 2.24) is 19.2 Å². The molecule has 32 heavy (non-hydrogen) atoms. The van der Waals surface area contributed by atoms with Crippen molar-refractivity contribution in [3.8, 4) is 0 Å². The minimum absolute atomic E-state index is 0.0101. The summed E-state index contributed by atoms with van der Waals surface area (Å²) < 4.78 is 2.09. The number of nitrogens with zero attached hydrogens (tertiary/aromatic N) is 4. The standard InChI is InChI=1S/C26H32N4OS/c1-4-13-26(14-5-2)15-9-16-29(26)20-22-23(27-25-30(22)18-19-32-25)24(31)28(3)17-12-21-10-7-6-8-11-21/h4-8,10-11,18-19H,1-2,9,12-17,20H2,3H3. The van der Waals surface area contributed by atoms with Crippen molar-refractivity contribution < 1.29 is 4.79 Å². The molecule has 3 aromatic rings. The Hall–Kier alpha value is -2.70. The van der Waals surface area contributed by atoms with Crippen LogP contribution in [0.2, 0.25) is 0 Å². The second-order valence-corrected chi connectivity index (χ2v) is 9.53. The van der Waals surface area contributed by atoms with E-state index in [1.165, 1.54) is 5.56 Å². The van der Waals surface area contributed by atoms with E-state index in [4.69, 9.17) is 4.98 Å². The summed E-state index contributed by atoms with van der Waals surface area (Å²) in [6, 6.07) is 10.3. The average Bonchev–Trinajstić information content (AvgIpc) is 3.50. The number of fused-ring (bicyclic) bond motifs is 1. The maximum absolute atomic E-state index is 13.4. The summed E-state index contributed by atoms with van der Waals surface area (Å²) in [6.07, 6.45) is 11.0. The predicted molar refractivity (Wildman–Crippen MR) is 132 cm³/mol. The second-order valence-electron chi connectivity index (χ2n) is 8.66. The molecule has 1 aromatic carbocycles. The molecule has 3 heterocycles. The number of carbonyl (C=O) groups excluding carboxylic acids is 1. The van der Waals surface area contributed by atoms with E-state index in [0.29, 0.717) is 18.8 Å². The molecule has 5 nitrogen and oxygen atoms in total. The molecule has 1 saturated heterocycles. The number of imidazole rings is 1. The van der Waals surface area contributed by atoms with Crippen LogP contribution in [0.5, 0.6) is 0 Å². The van der Waals surface area contributed by atoms with Crippen LogP contribution in [0.3, 0.4) is 0 Å². The Bertz CT molecular complexity index is 1070. The smallest absolute Gasteiger partial charge is 0.274 e. The van der Waals surface area contributed by atoms with Crippen molar-refractivity contribution in [2.24, 2.45) is 0 Å². The van der Waals surface area contributed by atoms with Crippen LogP contribution < -0.4 is 0 Å². The first kappa shape index (κ1) is 22.5. The van der Waals surface area contributed by atoms with Crippen molar-refractivity contribution in [3.05, 3.63) is 84.2 Å². The van der Waals surface area contributed by atoms with Crippen LogP contribution in [0.25, 0.3) is 4.96 Å². The van der Waals surface area contributed by atoms with E-state index < -0.39 is 0 Å². The molecule has 0 radical (unpaired) electrons. The summed E-state index contributed by atoms with van der Waals surface area (Å²) in [4.78, 5) is 23.4. The number of hydrogen-bond acceptors (Lipinski definition) is 4. The Morgan fingerprint density at radius 1 is 1.25 bits per heavy atom. The van der Waals surface area contributed by atoms with Gasteiger partial charge in [-0.15, -0.1) is 24.5 Å². The summed E-state index contributed by atoms with van der Waals surface area (Å²) in [5, 5.41) is 2.03. The molecule has 0 aliphatic carbocycles. The molecule has 0 saturated carbocycles. The van der Waals surface area contributed by atoms with Gasteiger partial charge in [0.05, 0.1) is 5.69 Å². The number of aromatic nitrogens is 2. The number of benzene rings is 1. The van der Waals surface area contributed by atoms with E-state index in [9.17, 15) is 4.79 Å². The molecule has 0 bridgehead atoms. The van der Waals surface area contributed by atoms with Gasteiger partial charge in [0.15, 0.2) is 10.7 Å². The van der Waals surface area contributed by atoms with Crippen LogP contribution in [0.4, 0.5) is 0 Å². The summed E-state index contributed by atoms with van der Waals surface area (Å²) in [6.45, 7) is 10.4. The van der Waals surface area contributed by atoms with Crippen molar-refractivity contribution in [3.63, 3.8) is 0 Å². The van der Waals surface area contributed by atoms with Gasteiger partial charge in [-0.2, -0.15) is 0 Å². The Morgan fingerprint density at radius 3 is 2.72 bits per heavy atom. The Balaban J connectivity index is 1.58. The van der Waals surface area contributed by atoms with E-state index >= 15 is 0 Å². The normalized spacial score (nSPS) is 15.8. The van der Waals surface area contributed by atoms with Crippen LogP contribution >= 0.6 is 11.3 Å². The third-order valence-corrected chi connectivity index (χ3v) is 7.38. The highest BCUT2D eigenvalue weighted by molar-refractivity contribution is 7.15. The third-order valence-electron chi connectivity index (χ3n) is 6.62. The molecule has 168 valence electrons. The van der Waals surface area contributed by atoms with Gasteiger partial charge in [0, 0.05) is 37.3 Å². The van der Waals surface area contributed by atoms with Crippen LogP contribution in [0.1, 0.15) is 47.4 Å². The molecule has 1 amide bonds. The van der Waals surface area contributed by atoms with Crippen molar-refractivity contribution >= 4 is 22.2 Å². The third kappa shape index (κ3) is 4.43. The number of carbonyl (C=O) groups is 1. The fourth-order valence-corrected chi connectivity index (χ4v) is 5.62. The Labute approximate surface area is 194 Å². The summed E-state index contributed by atoms with van der Waals surface area (Å²) in [5.41, 5.74) is 2.82. The molecule has 0 N–H and O–H groups in total. The SMILES string of the molecule is C=CCC1(CC=C)CCCN1Cc1c(C(=O)N(C)CCc2ccccc2)nc2sccn12. The molecular formula is C26H32N4OS. The van der Waals surface area contributed by atoms with Crippen molar-refractivity contribution in [2.75, 3.05) is 20.1 Å². The monoisotopic (exact) mass is 448 g/mol. The number of likely N-dealkylation sites (N-methyl/N-ethyl adjacent to an activating group) is 1. The van der Waals surface area contributed by atoms with E-state index in [2.05, 4.69) is 34.6 Å². The minimum atomic E-state index is -0.0101. The largest absolute Gasteiger partial charge is 0.340 e. The number of rotatable bonds is 10. The topological polar surface area (TPSA) is 40.9 Å². The zero-order valence-electron chi connectivity index (χ0n) is 18.9. The molecule has 1 aliphatic heterocycles. The summed E-state index contributed by atoms with van der Waals surface area (Å²) in [5.74, 6) is -0.0101. The van der Waals surface area contributed by atoms with Gasteiger partial charge in [-0.3, -0.25) is 14.1 Å². The zero-order valence-corrected chi connectivity index (χ0v) is 19.7. The van der Waals surface area contributed by atoms with Crippen LogP contribution in [0.15, 0.2) is 67.2 Å². The predicted octanol–water partition coefficient (Wildman–Crippen LogP) is 5.20. The van der Waals surface area contributed by atoms with Crippen molar-refractivity contribution in [2.45, 2.75) is 44.2 Å². The van der Waals surface area contributed by atoms with Gasteiger partial charge in [-0.1, -0.05) is 42.5 Å². The van der Waals surface area contributed by atoms with Gasteiger partial charge in [0.2, 0.25) is 0 Å². The first-order valence-corrected chi connectivity index (χ1v) is 12.2. The molecule has 0 unspecified atom stereocenters. The molecule has 6 heteroatoms. The highest BCUT2D eigenvalue weighted by Gasteiger charge is 2.40. The van der Waals surface area contributed by atoms with Crippen molar-refractivity contribution in [1.29, 1.82) is 0 Å². The quantitative estimate of drug-likeness (QED) is 0.401. The molecule has 2 aromatic heterocycles. The van der Waals surface area contributed by atoms with E-state index in [0.717, 1.165) is 49.3 Å². The lowest BCUT2D eigenvalue weighted by Gasteiger charge is -2.37. The molecular weight excluding hydrogens is 416 g/mol. The summed E-state index contributed by atoms with van der Waals surface area (Å²) >= 11 is 1.57. The molecule has 1 aliphatic rings. The molecule has 0 atom stereocenters. The highest BCUT2D eigenvalue weighted by atomic mass is 32.1. The number of amides is 1. The zero-order chi connectivity index (χ0) is 22.6. The maximum Gasteiger partial charge on any atom is 0.274 e. The van der Waals surface area contributed by atoms with Gasteiger partial charge in [0.1, 0.15) is 0 Å². The summed E-state index contributed by atoms with van der Waals surface area (Å²) in [7, 11) is 1.87. The molecule has 0 spiro atoms. The number of hydrogen-bond donors (Lipinski definition) is 0.